The molecule has 0 saturated carbocycles. The van der Waals surface area contributed by atoms with Gasteiger partial charge in [-0.25, -0.2) is 0 Å². The largest absolute Gasteiger partial charge is 0.312 e. The molecule has 0 aliphatic carbocycles. The second-order valence-electron chi connectivity index (χ2n) is 5.37. The van der Waals surface area contributed by atoms with E-state index in [1.807, 2.05) is 12.3 Å². The first-order valence-electron chi connectivity index (χ1n) is 6.95. The van der Waals surface area contributed by atoms with Crippen LogP contribution in [0.15, 0.2) is 18.3 Å². The van der Waals surface area contributed by atoms with Crippen LogP contribution in [0, 0.1) is 5.92 Å². The molecule has 1 aromatic heterocycles. The summed E-state index contributed by atoms with van der Waals surface area (Å²) in [5.74, 6) is 0.688. The highest BCUT2D eigenvalue weighted by Gasteiger charge is 2.06. The number of nitrogens with zero attached hydrogens (tertiary/aromatic N) is 2. The third kappa shape index (κ3) is 5.61. The minimum Gasteiger partial charge on any atom is -0.312 e. The molecule has 0 unspecified atom stereocenters. The number of hydrogen-bond donors (Lipinski definition) is 1. The molecule has 102 valence electrons. The summed E-state index contributed by atoms with van der Waals surface area (Å²) in [7, 11) is 2.16. The van der Waals surface area contributed by atoms with Crippen molar-refractivity contribution in [1.29, 1.82) is 0 Å². The Bertz CT molecular complexity index is 336. The topological polar surface area (TPSA) is 28.2 Å². The lowest BCUT2D eigenvalue weighted by molar-refractivity contribution is 0.322. The Morgan fingerprint density at radius 2 is 2.17 bits per heavy atom. The van der Waals surface area contributed by atoms with Gasteiger partial charge in [-0.1, -0.05) is 26.8 Å². The molecule has 3 heteroatoms. The molecule has 0 atom stereocenters. The van der Waals surface area contributed by atoms with E-state index >= 15 is 0 Å². The van der Waals surface area contributed by atoms with Crippen molar-refractivity contribution >= 4 is 0 Å². The van der Waals surface area contributed by atoms with Gasteiger partial charge >= 0.3 is 0 Å². The van der Waals surface area contributed by atoms with Crippen molar-refractivity contribution in [1.82, 2.24) is 15.2 Å². The van der Waals surface area contributed by atoms with Crippen molar-refractivity contribution < 1.29 is 0 Å². The van der Waals surface area contributed by atoms with E-state index in [0.717, 1.165) is 26.2 Å². The van der Waals surface area contributed by atoms with Crippen LogP contribution >= 0.6 is 0 Å². The Labute approximate surface area is 112 Å². The molecule has 18 heavy (non-hydrogen) atoms. The van der Waals surface area contributed by atoms with Crippen LogP contribution in [0.4, 0.5) is 0 Å². The molecule has 0 spiro atoms. The van der Waals surface area contributed by atoms with Crippen LogP contribution in [-0.4, -0.2) is 30.0 Å². The lowest BCUT2D eigenvalue weighted by Crippen LogP contribution is -2.23. The van der Waals surface area contributed by atoms with Gasteiger partial charge in [0, 0.05) is 19.3 Å². The minimum absolute atomic E-state index is 0.688. The molecule has 0 amide bonds. The first kappa shape index (κ1) is 15.1. The van der Waals surface area contributed by atoms with Gasteiger partial charge in [-0.05, 0) is 44.1 Å². The molecule has 0 saturated heterocycles. The summed E-state index contributed by atoms with van der Waals surface area (Å²) in [5, 5.41) is 3.49. The molecule has 1 N–H and O–H groups in total. The Kier molecular flexibility index (Phi) is 6.91. The van der Waals surface area contributed by atoms with E-state index in [-0.39, 0.29) is 0 Å². The number of aromatic nitrogens is 1. The molecule has 1 heterocycles. The van der Waals surface area contributed by atoms with Crippen molar-refractivity contribution in [3.63, 3.8) is 0 Å². The molecule has 0 radical (unpaired) electrons. The van der Waals surface area contributed by atoms with Crippen LogP contribution in [0.3, 0.4) is 0 Å². The molecule has 0 aliphatic heterocycles. The highest BCUT2D eigenvalue weighted by molar-refractivity contribution is 5.19. The second kappa shape index (κ2) is 8.22. The minimum atomic E-state index is 0.688. The fourth-order valence-corrected chi connectivity index (χ4v) is 1.99. The fraction of sp³-hybridized carbons (Fsp3) is 0.667. The quantitative estimate of drug-likeness (QED) is 0.768. The maximum absolute atomic E-state index is 4.52. The lowest BCUT2D eigenvalue weighted by atomic mass is 10.1. The van der Waals surface area contributed by atoms with Crippen LogP contribution in [0.2, 0.25) is 0 Å². The Balaban J connectivity index is 2.56. The molecule has 1 aromatic rings. The zero-order valence-corrected chi connectivity index (χ0v) is 12.2. The van der Waals surface area contributed by atoms with E-state index in [1.165, 1.54) is 17.7 Å². The molecule has 0 fully saturated rings. The van der Waals surface area contributed by atoms with Gasteiger partial charge in [-0.3, -0.25) is 4.98 Å². The van der Waals surface area contributed by atoms with E-state index < -0.39 is 0 Å². The van der Waals surface area contributed by atoms with Crippen molar-refractivity contribution in [3.8, 4) is 0 Å². The fourth-order valence-electron chi connectivity index (χ4n) is 1.99. The predicted molar refractivity (Wildman–Crippen MR) is 77.4 cm³/mol. The maximum atomic E-state index is 4.52. The van der Waals surface area contributed by atoms with Gasteiger partial charge in [0.2, 0.25) is 0 Å². The molecule has 0 aliphatic rings. The molecule has 3 nitrogen and oxygen atoms in total. The monoisotopic (exact) mass is 249 g/mol. The molecule has 0 aromatic carbocycles. The standard InChI is InChI=1S/C15H27N3/c1-5-9-18(4)12-15-14(7-6-8-17-15)11-16-10-13(2)3/h6-8,13,16H,5,9-12H2,1-4H3. The Morgan fingerprint density at radius 1 is 1.39 bits per heavy atom. The van der Waals surface area contributed by atoms with Crippen LogP contribution in [-0.2, 0) is 13.1 Å². The van der Waals surface area contributed by atoms with E-state index in [2.05, 4.69) is 49.1 Å². The highest BCUT2D eigenvalue weighted by atomic mass is 15.1. The summed E-state index contributed by atoms with van der Waals surface area (Å²) in [6.45, 7) is 10.7. The molecular weight excluding hydrogens is 222 g/mol. The van der Waals surface area contributed by atoms with Crippen LogP contribution in [0.1, 0.15) is 38.4 Å². The smallest absolute Gasteiger partial charge is 0.0588 e. The van der Waals surface area contributed by atoms with E-state index in [9.17, 15) is 0 Å². The van der Waals surface area contributed by atoms with Gasteiger partial charge in [0.1, 0.15) is 0 Å². The van der Waals surface area contributed by atoms with Crippen LogP contribution in [0.25, 0.3) is 0 Å². The van der Waals surface area contributed by atoms with Gasteiger partial charge in [0.15, 0.2) is 0 Å². The molecular formula is C15H27N3. The van der Waals surface area contributed by atoms with Crippen LogP contribution in [0.5, 0.6) is 0 Å². The Hall–Kier alpha value is -0.930. The molecule has 0 bridgehead atoms. The Morgan fingerprint density at radius 3 is 2.83 bits per heavy atom. The molecule has 1 rings (SSSR count). The second-order valence-corrected chi connectivity index (χ2v) is 5.37. The highest BCUT2D eigenvalue weighted by Crippen LogP contribution is 2.08. The average molecular weight is 249 g/mol. The summed E-state index contributed by atoms with van der Waals surface area (Å²) in [6, 6.07) is 4.20. The van der Waals surface area contributed by atoms with E-state index in [4.69, 9.17) is 0 Å². The zero-order valence-electron chi connectivity index (χ0n) is 12.2. The van der Waals surface area contributed by atoms with Crippen LogP contribution < -0.4 is 5.32 Å². The van der Waals surface area contributed by atoms with Crippen molar-refractivity contribution in [2.75, 3.05) is 20.1 Å². The first-order chi connectivity index (χ1) is 8.63. The third-order valence-corrected chi connectivity index (χ3v) is 2.88. The third-order valence-electron chi connectivity index (χ3n) is 2.88. The summed E-state index contributed by atoms with van der Waals surface area (Å²) in [6.07, 6.45) is 3.07. The van der Waals surface area contributed by atoms with Gasteiger partial charge < -0.3 is 10.2 Å². The van der Waals surface area contributed by atoms with Gasteiger partial charge in [0.25, 0.3) is 0 Å². The van der Waals surface area contributed by atoms with Crippen molar-refractivity contribution in [3.05, 3.63) is 29.6 Å². The zero-order chi connectivity index (χ0) is 13.4. The van der Waals surface area contributed by atoms with Crippen molar-refractivity contribution in [2.24, 2.45) is 5.92 Å². The SMILES string of the molecule is CCCN(C)Cc1ncccc1CNCC(C)C. The summed E-state index contributed by atoms with van der Waals surface area (Å²) < 4.78 is 0. The van der Waals surface area contributed by atoms with Gasteiger partial charge in [-0.2, -0.15) is 0 Å². The predicted octanol–water partition coefficient (Wildman–Crippen LogP) is 2.67. The lowest BCUT2D eigenvalue weighted by Gasteiger charge is -2.17. The van der Waals surface area contributed by atoms with Crippen molar-refractivity contribution in [2.45, 2.75) is 40.3 Å². The van der Waals surface area contributed by atoms with E-state index in [1.54, 1.807) is 0 Å². The maximum Gasteiger partial charge on any atom is 0.0588 e. The van der Waals surface area contributed by atoms with Gasteiger partial charge in [-0.15, -0.1) is 0 Å². The average Bonchev–Trinajstić information content (AvgIpc) is 2.31. The van der Waals surface area contributed by atoms with E-state index in [0.29, 0.717) is 5.92 Å². The number of hydrogen-bond acceptors (Lipinski definition) is 3. The summed E-state index contributed by atoms with van der Waals surface area (Å²) >= 11 is 0. The number of nitrogens with one attached hydrogen (secondary N) is 1. The number of rotatable bonds is 8. The normalized spacial score (nSPS) is 11.4. The van der Waals surface area contributed by atoms with Gasteiger partial charge in [0.05, 0.1) is 5.69 Å². The summed E-state index contributed by atoms with van der Waals surface area (Å²) in [5.41, 5.74) is 2.52. The first-order valence-corrected chi connectivity index (χ1v) is 6.95. The summed E-state index contributed by atoms with van der Waals surface area (Å²) in [4.78, 5) is 6.84. The number of pyridine rings is 1.